The summed E-state index contributed by atoms with van der Waals surface area (Å²) in [6, 6.07) is 0. The molecule has 1 aliphatic heterocycles. The highest BCUT2D eigenvalue weighted by Gasteiger charge is 2.26. The molecule has 1 N–H and O–H groups in total. The van der Waals surface area contributed by atoms with E-state index < -0.39 is 0 Å². The molecule has 0 amide bonds. The Morgan fingerprint density at radius 1 is 1.78 bits per heavy atom. The minimum atomic E-state index is 0.0509. The Kier molecular flexibility index (Phi) is 1.71. The van der Waals surface area contributed by atoms with Gasteiger partial charge in [-0.25, -0.2) is 0 Å². The number of oxime groups is 1. The van der Waals surface area contributed by atoms with Gasteiger partial charge in [-0.3, -0.25) is 0 Å². The molecule has 0 saturated carbocycles. The molecule has 0 aromatic heterocycles. The molecule has 52 valence electrons. The average molecular weight is 129 g/mol. The third kappa shape index (κ3) is 1.05. The van der Waals surface area contributed by atoms with Crippen molar-refractivity contribution in [1.82, 2.24) is 0 Å². The minimum absolute atomic E-state index is 0.0509. The van der Waals surface area contributed by atoms with Crippen molar-refractivity contribution in [2.45, 2.75) is 20.0 Å². The first-order valence-electron chi connectivity index (χ1n) is 3.07. The van der Waals surface area contributed by atoms with Gasteiger partial charge in [0.1, 0.15) is 6.10 Å². The molecule has 2 unspecified atom stereocenters. The van der Waals surface area contributed by atoms with Gasteiger partial charge in [0.25, 0.3) is 0 Å². The Morgan fingerprint density at radius 3 is 2.67 bits per heavy atom. The molecule has 1 rings (SSSR count). The van der Waals surface area contributed by atoms with Crippen LogP contribution in [0.3, 0.4) is 0 Å². The van der Waals surface area contributed by atoms with Crippen molar-refractivity contribution < 1.29 is 9.94 Å². The summed E-state index contributed by atoms with van der Waals surface area (Å²) in [6.07, 6.45) is 0.0509. The van der Waals surface area contributed by atoms with Crippen LogP contribution in [-0.2, 0) is 4.84 Å². The predicted octanol–water partition coefficient (Wildman–Crippen LogP) is 0.390. The maximum atomic E-state index is 8.75. The number of hydrogen-bond donors (Lipinski definition) is 1. The Hall–Kier alpha value is -0.570. The predicted molar refractivity (Wildman–Crippen MR) is 34.2 cm³/mol. The highest BCUT2D eigenvalue weighted by molar-refractivity contribution is 5.85. The molecule has 1 aliphatic rings. The van der Waals surface area contributed by atoms with Crippen molar-refractivity contribution >= 4 is 5.71 Å². The number of rotatable bonds is 1. The van der Waals surface area contributed by atoms with Crippen LogP contribution in [-0.4, -0.2) is 23.5 Å². The number of nitrogens with zero attached hydrogens (tertiary/aromatic N) is 1. The van der Waals surface area contributed by atoms with E-state index in [9.17, 15) is 0 Å². The molecule has 0 aliphatic carbocycles. The van der Waals surface area contributed by atoms with Gasteiger partial charge in [0, 0.05) is 0 Å². The highest BCUT2D eigenvalue weighted by atomic mass is 16.6. The van der Waals surface area contributed by atoms with Gasteiger partial charge in [0.05, 0.1) is 18.2 Å². The van der Waals surface area contributed by atoms with Gasteiger partial charge in [-0.15, -0.1) is 0 Å². The summed E-state index contributed by atoms with van der Waals surface area (Å²) in [5.41, 5.74) is 0.894. The lowest BCUT2D eigenvalue weighted by atomic mass is 10.0. The number of aliphatic hydroxyl groups is 1. The molecule has 3 nitrogen and oxygen atoms in total. The molecule has 3 heteroatoms. The van der Waals surface area contributed by atoms with Gasteiger partial charge in [-0.1, -0.05) is 5.16 Å². The van der Waals surface area contributed by atoms with Gasteiger partial charge in [0.2, 0.25) is 0 Å². The Bertz CT molecular complexity index is 133. The molecular weight excluding hydrogens is 118 g/mol. The lowest BCUT2D eigenvalue weighted by Crippen LogP contribution is -2.22. The average Bonchev–Trinajstić information content (AvgIpc) is 2.12. The third-order valence-corrected chi connectivity index (χ3v) is 1.66. The molecular formula is C6H11NO2. The van der Waals surface area contributed by atoms with Crippen LogP contribution in [0.5, 0.6) is 0 Å². The van der Waals surface area contributed by atoms with Crippen LogP contribution in [0.1, 0.15) is 13.8 Å². The Balaban J connectivity index is 2.57. The second-order valence-electron chi connectivity index (χ2n) is 2.33. The van der Waals surface area contributed by atoms with Crippen LogP contribution in [0.2, 0.25) is 0 Å². The molecule has 2 atom stereocenters. The Morgan fingerprint density at radius 2 is 2.44 bits per heavy atom. The van der Waals surface area contributed by atoms with E-state index in [0.29, 0.717) is 0 Å². The zero-order valence-electron chi connectivity index (χ0n) is 5.66. The summed E-state index contributed by atoms with van der Waals surface area (Å²) in [5.74, 6) is 0.116. The van der Waals surface area contributed by atoms with E-state index in [1.807, 2.05) is 13.8 Å². The van der Waals surface area contributed by atoms with Crippen LogP contribution in [0, 0.1) is 5.92 Å². The summed E-state index contributed by atoms with van der Waals surface area (Å²) < 4.78 is 0. The van der Waals surface area contributed by atoms with E-state index in [4.69, 9.17) is 9.94 Å². The monoisotopic (exact) mass is 129 g/mol. The van der Waals surface area contributed by atoms with Gasteiger partial charge in [-0.2, -0.15) is 0 Å². The molecule has 9 heavy (non-hydrogen) atoms. The first-order valence-corrected chi connectivity index (χ1v) is 3.07. The van der Waals surface area contributed by atoms with Crippen molar-refractivity contribution in [3.05, 3.63) is 0 Å². The molecule has 0 spiro atoms. The number of hydrogen-bond acceptors (Lipinski definition) is 3. The fraction of sp³-hybridized carbons (Fsp3) is 0.833. The quantitative estimate of drug-likeness (QED) is 0.556. The summed E-state index contributed by atoms with van der Waals surface area (Å²) in [4.78, 5) is 4.90. The van der Waals surface area contributed by atoms with E-state index in [-0.39, 0.29) is 18.6 Å². The van der Waals surface area contributed by atoms with Gasteiger partial charge in [0.15, 0.2) is 0 Å². The molecule has 0 saturated heterocycles. The zero-order valence-corrected chi connectivity index (χ0v) is 5.66. The first-order chi connectivity index (χ1) is 4.25. The van der Waals surface area contributed by atoms with Crippen molar-refractivity contribution in [3.63, 3.8) is 0 Å². The van der Waals surface area contributed by atoms with E-state index >= 15 is 0 Å². The maximum absolute atomic E-state index is 8.75. The second kappa shape index (κ2) is 2.35. The topological polar surface area (TPSA) is 41.8 Å². The second-order valence-corrected chi connectivity index (χ2v) is 2.33. The van der Waals surface area contributed by atoms with E-state index in [1.165, 1.54) is 0 Å². The molecule has 1 heterocycles. The van der Waals surface area contributed by atoms with Crippen molar-refractivity contribution in [2.75, 3.05) is 6.61 Å². The van der Waals surface area contributed by atoms with Crippen LogP contribution in [0.25, 0.3) is 0 Å². The summed E-state index contributed by atoms with van der Waals surface area (Å²) in [7, 11) is 0. The highest BCUT2D eigenvalue weighted by Crippen LogP contribution is 2.16. The lowest BCUT2D eigenvalue weighted by Gasteiger charge is -2.08. The first kappa shape index (κ1) is 6.55. The third-order valence-electron chi connectivity index (χ3n) is 1.66. The van der Waals surface area contributed by atoms with E-state index in [2.05, 4.69) is 5.16 Å². The smallest absolute Gasteiger partial charge is 0.135 e. The van der Waals surface area contributed by atoms with Crippen molar-refractivity contribution in [3.8, 4) is 0 Å². The zero-order chi connectivity index (χ0) is 6.85. The fourth-order valence-corrected chi connectivity index (χ4v) is 0.928. The standard InChI is InChI=1S/C6H11NO2/c1-4-6(3-8)5(2)9-7-4/h5-6,8H,3H2,1-2H3. The summed E-state index contributed by atoms with van der Waals surface area (Å²) >= 11 is 0. The fourth-order valence-electron chi connectivity index (χ4n) is 0.928. The molecule has 0 bridgehead atoms. The Labute approximate surface area is 54.3 Å². The molecule has 0 radical (unpaired) electrons. The van der Waals surface area contributed by atoms with Crippen LogP contribution < -0.4 is 0 Å². The van der Waals surface area contributed by atoms with Gasteiger partial charge >= 0.3 is 0 Å². The SMILES string of the molecule is CC1=NOC(C)C1CO. The van der Waals surface area contributed by atoms with Gasteiger partial charge < -0.3 is 9.94 Å². The largest absolute Gasteiger partial charge is 0.396 e. The number of aliphatic hydroxyl groups excluding tert-OH is 1. The van der Waals surface area contributed by atoms with Gasteiger partial charge in [-0.05, 0) is 13.8 Å². The van der Waals surface area contributed by atoms with Crippen LogP contribution >= 0.6 is 0 Å². The normalized spacial score (nSPS) is 33.9. The van der Waals surface area contributed by atoms with E-state index in [1.54, 1.807) is 0 Å². The maximum Gasteiger partial charge on any atom is 0.135 e. The van der Waals surface area contributed by atoms with Crippen molar-refractivity contribution in [2.24, 2.45) is 11.1 Å². The molecule has 0 aromatic carbocycles. The molecule has 0 fully saturated rings. The molecule has 0 aromatic rings. The van der Waals surface area contributed by atoms with Crippen molar-refractivity contribution in [1.29, 1.82) is 0 Å². The van der Waals surface area contributed by atoms with Crippen LogP contribution in [0.15, 0.2) is 5.16 Å². The summed E-state index contributed by atoms with van der Waals surface area (Å²) in [6.45, 7) is 3.90. The minimum Gasteiger partial charge on any atom is -0.396 e. The summed E-state index contributed by atoms with van der Waals surface area (Å²) in [5, 5.41) is 12.5. The van der Waals surface area contributed by atoms with Crippen LogP contribution in [0.4, 0.5) is 0 Å². The van der Waals surface area contributed by atoms with E-state index in [0.717, 1.165) is 5.71 Å². The lowest BCUT2D eigenvalue weighted by molar-refractivity contribution is 0.0596.